The van der Waals surface area contributed by atoms with Crippen LogP contribution in [0.15, 0.2) is 48.5 Å². The average Bonchev–Trinajstić information content (AvgIpc) is 2.67. The number of piperidine rings is 1. The lowest BCUT2D eigenvalue weighted by atomic mass is 9.88. The van der Waals surface area contributed by atoms with Gasteiger partial charge in [-0.2, -0.15) is 0 Å². The maximum Gasteiger partial charge on any atom is 0.255 e. The summed E-state index contributed by atoms with van der Waals surface area (Å²) >= 11 is 0. The van der Waals surface area contributed by atoms with Crippen LogP contribution in [-0.2, 0) is 0 Å². The zero-order valence-corrected chi connectivity index (χ0v) is 14.3. The van der Waals surface area contributed by atoms with E-state index < -0.39 is 0 Å². The van der Waals surface area contributed by atoms with Gasteiger partial charge in [-0.25, -0.2) is 0 Å². The minimum absolute atomic E-state index is 0.0504. The summed E-state index contributed by atoms with van der Waals surface area (Å²) in [6.45, 7) is 1.14. The topological polar surface area (TPSA) is 72.6 Å². The summed E-state index contributed by atoms with van der Waals surface area (Å²) in [6, 6.07) is 14.3. The van der Waals surface area contributed by atoms with Gasteiger partial charge in [0, 0.05) is 30.3 Å². The second-order valence-corrected chi connectivity index (χ2v) is 6.25. The number of hydrogen-bond acceptors (Lipinski definition) is 4. The number of likely N-dealkylation sites (tertiary alicyclic amines) is 1. The first-order chi connectivity index (χ1) is 12.1. The van der Waals surface area contributed by atoms with E-state index in [1.165, 1.54) is 0 Å². The van der Waals surface area contributed by atoms with E-state index in [2.05, 4.69) is 0 Å². The number of ketones is 1. The summed E-state index contributed by atoms with van der Waals surface area (Å²) in [5, 5.41) is 0. The Hall–Kier alpha value is -2.82. The van der Waals surface area contributed by atoms with Crippen LogP contribution in [-0.4, -0.2) is 36.8 Å². The number of carbonyl (C=O) groups excluding carboxylic acids is 2. The Morgan fingerprint density at radius 2 is 1.68 bits per heavy atom. The summed E-state index contributed by atoms with van der Waals surface area (Å²) in [6.07, 6.45) is 1.34. The third-order valence-electron chi connectivity index (χ3n) is 4.72. The van der Waals surface area contributed by atoms with E-state index in [0.717, 1.165) is 5.75 Å². The summed E-state index contributed by atoms with van der Waals surface area (Å²) in [5.41, 5.74) is 7.60. The quantitative estimate of drug-likeness (QED) is 0.687. The highest BCUT2D eigenvalue weighted by atomic mass is 16.5. The molecule has 0 aromatic heterocycles. The minimum atomic E-state index is -0.0616. The predicted octanol–water partition coefficient (Wildman–Crippen LogP) is 3.01. The molecule has 5 nitrogen and oxygen atoms in total. The molecule has 1 heterocycles. The van der Waals surface area contributed by atoms with Crippen LogP contribution in [0.2, 0.25) is 0 Å². The van der Waals surface area contributed by atoms with Crippen LogP contribution >= 0.6 is 0 Å². The maximum absolute atomic E-state index is 12.6. The van der Waals surface area contributed by atoms with E-state index in [-0.39, 0.29) is 17.6 Å². The molecule has 1 amide bonds. The highest BCUT2D eigenvalue weighted by molar-refractivity contribution is 6.00. The second kappa shape index (κ2) is 7.38. The molecule has 1 aliphatic heterocycles. The fourth-order valence-corrected chi connectivity index (χ4v) is 3.20. The average molecular weight is 338 g/mol. The third-order valence-corrected chi connectivity index (χ3v) is 4.72. The number of Topliss-reactive ketones (excluding diaryl/α,β-unsaturated/α-hetero) is 1. The number of nitrogens with zero attached hydrogens (tertiary/aromatic N) is 1. The van der Waals surface area contributed by atoms with Gasteiger partial charge in [0.25, 0.3) is 5.91 Å². The molecular formula is C20H22N2O3. The molecule has 0 unspecified atom stereocenters. The van der Waals surface area contributed by atoms with E-state index >= 15 is 0 Å². The highest BCUT2D eigenvalue weighted by Gasteiger charge is 2.28. The molecular weight excluding hydrogens is 316 g/mol. The van der Waals surface area contributed by atoms with Crippen LogP contribution in [0, 0.1) is 5.92 Å². The molecule has 2 N–H and O–H groups in total. The van der Waals surface area contributed by atoms with Gasteiger partial charge in [0.05, 0.1) is 12.7 Å². The number of hydrogen-bond donors (Lipinski definition) is 1. The Labute approximate surface area is 147 Å². The molecule has 0 spiro atoms. The number of benzene rings is 2. The van der Waals surface area contributed by atoms with Crippen molar-refractivity contribution in [3.05, 3.63) is 59.7 Å². The Morgan fingerprint density at radius 3 is 2.28 bits per heavy atom. The molecule has 0 aliphatic carbocycles. The second-order valence-electron chi connectivity index (χ2n) is 6.25. The van der Waals surface area contributed by atoms with Crippen LogP contribution < -0.4 is 10.5 Å². The molecule has 2 aromatic rings. The van der Waals surface area contributed by atoms with Crippen molar-refractivity contribution < 1.29 is 14.3 Å². The van der Waals surface area contributed by atoms with Crippen molar-refractivity contribution in [3.8, 4) is 5.75 Å². The molecule has 0 radical (unpaired) electrons. The number of rotatable bonds is 4. The summed E-state index contributed by atoms with van der Waals surface area (Å²) in [4.78, 5) is 27.0. The number of nitrogens with two attached hydrogens (primary N) is 1. The molecule has 1 fully saturated rings. The number of methoxy groups -OCH3 is 1. The predicted molar refractivity (Wildman–Crippen MR) is 96.8 cm³/mol. The first-order valence-electron chi connectivity index (χ1n) is 8.42. The van der Waals surface area contributed by atoms with Gasteiger partial charge >= 0.3 is 0 Å². The number of amides is 1. The molecule has 130 valence electrons. The molecule has 0 bridgehead atoms. The first-order valence-corrected chi connectivity index (χ1v) is 8.42. The molecule has 1 saturated heterocycles. The standard InChI is InChI=1S/C20H22N2O3/c1-25-16-8-6-14(7-9-16)19(23)15-10-12-22(13-11-15)20(24)17-4-2-3-5-18(17)21/h2-9,15H,10-13,21H2,1H3. The largest absolute Gasteiger partial charge is 0.497 e. The minimum Gasteiger partial charge on any atom is -0.497 e. The molecule has 3 rings (SSSR count). The zero-order valence-electron chi connectivity index (χ0n) is 14.3. The SMILES string of the molecule is COc1ccc(C(=O)C2CCN(C(=O)c3ccccc3N)CC2)cc1. The summed E-state index contributed by atoms with van der Waals surface area (Å²) < 4.78 is 5.12. The Kier molecular flexibility index (Phi) is 5.03. The smallest absolute Gasteiger partial charge is 0.255 e. The van der Waals surface area contributed by atoms with Gasteiger partial charge in [0.2, 0.25) is 0 Å². The molecule has 2 aromatic carbocycles. The van der Waals surface area contributed by atoms with Crippen LogP contribution in [0.3, 0.4) is 0 Å². The van der Waals surface area contributed by atoms with Crippen molar-refractivity contribution in [2.45, 2.75) is 12.8 Å². The normalized spacial score (nSPS) is 15.0. The van der Waals surface area contributed by atoms with Gasteiger partial charge < -0.3 is 15.4 Å². The van der Waals surface area contributed by atoms with Gasteiger partial charge in [-0.05, 0) is 49.2 Å². The fourth-order valence-electron chi connectivity index (χ4n) is 3.20. The van der Waals surface area contributed by atoms with Crippen LogP contribution in [0.25, 0.3) is 0 Å². The van der Waals surface area contributed by atoms with Crippen LogP contribution in [0.1, 0.15) is 33.6 Å². The van der Waals surface area contributed by atoms with Crippen molar-refractivity contribution in [3.63, 3.8) is 0 Å². The van der Waals surface area contributed by atoms with Crippen LogP contribution in [0.5, 0.6) is 5.75 Å². The third kappa shape index (κ3) is 3.65. The number of nitrogen functional groups attached to an aromatic ring is 1. The van der Waals surface area contributed by atoms with Crippen molar-refractivity contribution in [2.24, 2.45) is 5.92 Å². The van der Waals surface area contributed by atoms with Gasteiger partial charge in [0.1, 0.15) is 5.75 Å². The number of para-hydroxylation sites is 1. The maximum atomic E-state index is 12.6. The molecule has 25 heavy (non-hydrogen) atoms. The molecule has 0 saturated carbocycles. The van der Waals surface area contributed by atoms with Crippen molar-refractivity contribution in [1.29, 1.82) is 0 Å². The summed E-state index contributed by atoms with van der Waals surface area (Å²) in [7, 11) is 1.60. The molecule has 1 aliphatic rings. The highest BCUT2D eigenvalue weighted by Crippen LogP contribution is 2.25. The lowest BCUT2D eigenvalue weighted by Crippen LogP contribution is -2.40. The Balaban J connectivity index is 1.62. The number of ether oxygens (including phenoxy) is 1. The van der Waals surface area contributed by atoms with Gasteiger partial charge in [-0.1, -0.05) is 12.1 Å². The van der Waals surface area contributed by atoms with Gasteiger partial charge in [-0.15, -0.1) is 0 Å². The Morgan fingerprint density at radius 1 is 1.04 bits per heavy atom. The monoisotopic (exact) mass is 338 g/mol. The first kappa shape index (κ1) is 17.0. The lowest BCUT2D eigenvalue weighted by molar-refractivity contribution is 0.0651. The number of carbonyl (C=O) groups is 2. The van der Waals surface area contributed by atoms with E-state index in [4.69, 9.17) is 10.5 Å². The van der Waals surface area contributed by atoms with Crippen molar-refractivity contribution >= 4 is 17.4 Å². The van der Waals surface area contributed by atoms with Gasteiger partial charge in [-0.3, -0.25) is 9.59 Å². The Bertz CT molecular complexity index is 763. The molecule has 5 heteroatoms. The fraction of sp³-hybridized carbons (Fsp3) is 0.300. The number of anilines is 1. The van der Waals surface area contributed by atoms with E-state index in [1.807, 2.05) is 12.1 Å². The van der Waals surface area contributed by atoms with E-state index in [1.54, 1.807) is 48.4 Å². The zero-order chi connectivity index (χ0) is 17.8. The van der Waals surface area contributed by atoms with E-state index in [0.29, 0.717) is 42.7 Å². The molecule has 0 atom stereocenters. The van der Waals surface area contributed by atoms with Gasteiger partial charge in [0.15, 0.2) is 5.78 Å². The van der Waals surface area contributed by atoms with Crippen molar-refractivity contribution in [2.75, 3.05) is 25.9 Å². The van der Waals surface area contributed by atoms with E-state index in [9.17, 15) is 9.59 Å². The van der Waals surface area contributed by atoms with Crippen molar-refractivity contribution in [1.82, 2.24) is 4.90 Å². The van der Waals surface area contributed by atoms with Crippen LogP contribution in [0.4, 0.5) is 5.69 Å². The lowest BCUT2D eigenvalue weighted by Gasteiger charge is -2.31. The summed E-state index contributed by atoms with van der Waals surface area (Å²) in [5.74, 6) is 0.755.